The molecule has 0 amide bonds. The molecule has 200 valence electrons. The summed E-state index contributed by atoms with van der Waals surface area (Å²) in [5.74, 6) is 0.754. The third-order valence-corrected chi connectivity index (χ3v) is 5.28. The number of allylic oxidation sites excluding steroid dienone is 1. The van der Waals surface area contributed by atoms with E-state index in [-0.39, 0.29) is 52.2 Å². The third-order valence-electron chi connectivity index (χ3n) is 4.86. The molecule has 0 saturated heterocycles. The molecular formula is C27H39F3N2O2V2. The zero-order chi connectivity index (χ0) is 25.8. The fourth-order valence-corrected chi connectivity index (χ4v) is 3.39. The van der Waals surface area contributed by atoms with Gasteiger partial charge in [-0.05, 0) is 0 Å². The summed E-state index contributed by atoms with van der Waals surface area (Å²) in [5.41, 5.74) is 3.23. The van der Waals surface area contributed by atoms with Gasteiger partial charge in [0, 0.05) is 2.85 Å². The Morgan fingerprint density at radius 1 is 1.19 bits per heavy atom. The van der Waals surface area contributed by atoms with Gasteiger partial charge in [0.2, 0.25) is 0 Å². The molecule has 0 bridgehead atoms. The summed E-state index contributed by atoms with van der Waals surface area (Å²) >= 11 is 2.25. The number of hydrogen-bond donors (Lipinski definition) is 0. The fraction of sp³-hybridized carbons (Fsp3) is 0.370. The van der Waals surface area contributed by atoms with E-state index in [0.29, 0.717) is 33.9 Å². The van der Waals surface area contributed by atoms with Crippen LogP contribution in [0.2, 0.25) is 0 Å². The van der Waals surface area contributed by atoms with Crippen LogP contribution >= 0.6 is 0 Å². The van der Waals surface area contributed by atoms with Crippen LogP contribution in [-0.2, 0) is 42.0 Å². The standard InChI is InChI=1S/C25H27F3N2O.C2H6.H2O.2V.2H2/c1-17-8-7-9-21(25(17)28)14-18(2)23(15-30(6)16-24(26)27)20-10-12-22(13-11-20)31-19(3)29(4)5;1-2;;;;;/h7-10,12-13,24H,3,14-16H2,1,4-6H3;1-2H3;1H2;;;2*1H/q-2;;;;+2;;/b23-18+;;;;;;. The van der Waals surface area contributed by atoms with Crippen LogP contribution in [0.15, 0.2) is 54.4 Å². The monoisotopic (exact) mass is 582 g/mol. The second-order valence-corrected chi connectivity index (χ2v) is 8.06. The van der Waals surface area contributed by atoms with Crippen LogP contribution in [0.4, 0.5) is 13.2 Å². The molecule has 2 rings (SSSR count). The minimum absolute atomic E-state index is 0. The van der Waals surface area contributed by atoms with Crippen LogP contribution in [0.5, 0.6) is 5.75 Å². The van der Waals surface area contributed by atoms with E-state index in [9.17, 15) is 13.2 Å². The first-order valence-electron chi connectivity index (χ1n) is 11.0. The average molecular weight is 583 g/mol. The zero-order valence-corrected chi connectivity index (χ0v) is 24.5. The third kappa shape index (κ3) is 11.5. The van der Waals surface area contributed by atoms with Crippen molar-refractivity contribution in [3.63, 3.8) is 0 Å². The first-order valence-corrected chi connectivity index (χ1v) is 11.7. The Labute approximate surface area is 237 Å². The van der Waals surface area contributed by atoms with Gasteiger partial charge in [-0.25, -0.2) is 0 Å². The topological polar surface area (TPSA) is 47.2 Å². The molecule has 1 radical (unpaired) electrons. The summed E-state index contributed by atoms with van der Waals surface area (Å²) in [6.45, 7) is 9.40. The average Bonchev–Trinajstić information content (AvgIpc) is 2.80. The van der Waals surface area contributed by atoms with Crippen molar-refractivity contribution in [2.24, 2.45) is 0 Å². The Kier molecular flexibility index (Phi) is 18.7. The molecule has 0 spiro atoms. The number of alkyl halides is 2. The largest absolute Gasteiger partial charge is 2.00 e. The van der Waals surface area contributed by atoms with Gasteiger partial charge >= 0.3 is 216 Å². The van der Waals surface area contributed by atoms with Gasteiger partial charge in [-0.3, -0.25) is 0 Å². The number of likely N-dealkylation sites (N-methyl/N-ethyl adjacent to an activating group) is 1. The summed E-state index contributed by atoms with van der Waals surface area (Å²) in [7, 11) is 5.27. The SMILES string of the molecule is C=C(Oc1c[c-]c(/C(CN(C)CC(F)F)=C(\[C-]=[V])Cc2cccc(C)c2F)cc1)N(C)C.CC.O.[HH].[HH].[V+2]. The zero-order valence-electron chi connectivity index (χ0n) is 21.7. The van der Waals surface area contributed by atoms with Gasteiger partial charge in [-0.1, -0.05) is 13.8 Å². The molecule has 2 aromatic carbocycles. The van der Waals surface area contributed by atoms with Gasteiger partial charge in [0.15, 0.2) is 0 Å². The summed E-state index contributed by atoms with van der Waals surface area (Å²) in [6, 6.07) is 13.6. The van der Waals surface area contributed by atoms with E-state index in [0.717, 1.165) is 5.57 Å². The van der Waals surface area contributed by atoms with Crippen molar-refractivity contribution in [1.82, 2.24) is 9.80 Å². The van der Waals surface area contributed by atoms with Crippen LogP contribution in [0.1, 0.15) is 33.4 Å². The van der Waals surface area contributed by atoms with Crippen molar-refractivity contribution in [2.45, 2.75) is 33.6 Å². The second kappa shape index (κ2) is 18.5. The molecule has 0 aliphatic carbocycles. The molecule has 4 nitrogen and oxygen atoms in total. The van der Waals surface area contributed by atoms with Gasteiger partial charge in [0.1, 0.15) is 0 Å². The molecule has 0 fully saturated rings. The Hall–Kier alpha value is -1.73. The molecular weight excluding hydrogens is 543 g/mol. The van der Waals surface area contributed by atoms with Crippen molar-refractivity contribution >= 4 is 10.3 Å². The molecule has 0 atom stereocenters. The van der Waals surface area contributed by atoms with Crippen molar-refractivity contribution in [1.29, 1.82) is 0 Å². The van der Waals surface area contributed by atoms with Crippen molar-refractivity contribution in [2.75, 3.05) is 34.2 Å². The minimum Gasteiger partial charge on any atom is -0.412 e. The summed E-state index contributed by atoms with van der Waals surface area (Å²) in [4.78, 5) is 3.27. The van der Waals surface area contributed by atoms with E-state index in [2.05, 4.69) is 34.4 Å². The van der Waals surface area contributed by atoms with Crippen molar-refractivity contribution < 1.29 is 61.8 Å². The number of hydrogen-bond acceptors (Lipinski definition) is 3. The number of aryl methyl sites for hydroxylation is 1. The maximum Gasteiger partial charge on any atom is 2.00 e. The first kappa shape index (κ1) is 36.4. The van der Waals surface area contributed by atoms with E-state index in [1.165, 1.54) is 4.90 Å². The summed E-state index contributed by atoms with van der Waals surface area (Å²) in [6.07, 6.45) is -2.18. The van der Waals surface area contributed by atoms with E-state index in [1.54, 1.807) is 55.3 Å². The molecule has 0 aliphatic heterocycles. The number of nitrogens with zero attached hydrogens (tertiary/aromatic N) is 2. The maximum absolute atomic E-state index is 14.6. The molecule has 0 heterocycles. The van der Waals surface area contributed by atoms with E-state index in [4.69, 9.17) is 4.74 Å². The van der Waals surface area contributed by atoms with Gasteiger partial charge in [-0.15, -0.1) is 0 Å². The Balaban J connectivity index is -0.000000940. The molecule has 2 N–H and O–H groups in total. The molecule has 0 saturated carbocycles. The number of ether oxygens (including phenoxy) is 1. The van der Waals surface area contributed by atoms with Gasteiger partial charge in [-0.2, -0.15) is 0 Å². The van der Waals surface area contributed by atoms with Crippen molar-refractivity contribution in [3.8, 4) is 5.75 Å². The minimum atomic E-state index is -2.46. The molecule has 36 heavy (non-hydrogen) atoms. The number of halogens is 3. The van der Waals surface area contributed by atoms with E-state index in [1.807, 2.05) is 27.9 Å². The van der Waals surface area contributed by atoms with Crippen LogP contribution in [-0.4, -0.2) is 60.7 Å². The summed E-state index contributed by atoms with van der Waals surface area (Å²) in [5, 5.41) is 0. The number of rotatable bonds is 11. The van der Waals surface area contributed by atoms with E-state index >= 15 is 0 Å². The first-order chi connectivity index (χ1) is 16.1. The Morgan fingerprint density at radius 3 is 2.33 bits per heavy atom. The Bertz CT molecular complexity index is 993. The number of benzene rings is 2. The molecule has 9 heteroatoms. The van der Waals surface area contributed by atoms with Gasteiger partial charge < -0.3 is 5.48 Å². The maximum atomic E-state index is 14.6. The predicted octanol–water partition coefficient (Wildman–Crippen LogP) is 5.46. The summed E-state index contributed by atoms with van der Waals surface area (Å²) < 4.78 is 49.3. The predicted molar refractivity (Wildman–Crippen MR) is 138 cm³/mol. The van der Waals surface area contributed by atoms with Crippen LogP contribution in [0.3, 0.4) is 0 Å². The normalized spacial score (nSPS) is 10.8. The molecule has 0 aromatic heterocycles. The van der Waals surface area contributed by atoms with Crippen LogP contribution in [0, 0.1) is 18.8 Å². The van der Waals surface area contributed by atoms with Crippen molar-refractivity contribution in [3.05, 3.63) is 83.0 Å². The smallest absolute Gasteiger partial charge is 0.412 e. The molecule has 0 aliphatic rings. The van der Waals surface area contributed by atoms with Crippen LogP contribution < -0.4 is 4.74 Å². The second-order valence-electron chi connectivity index (χ2n) is 7.71. The molecule has 2 aromatic rings. The molecule has 0 unspecified atom stereocenters. The Morgan fingerprint density at radius 2 is 1.83 bits per heavy atom. The van der Waals surface area contributed by atoms with Gasteiger partial charge in [0.25, 0.3) is 0 Å². The van der Waals surface area contributed by atoms with E-state index < -0.39 is 6.43 Å². The quantitative estimate of drug-likeness (QED) is 0.262. The van der Waals surface area contributed by atoms with Crippen LogP contribution in [0.25, 0.3) is 5.57 Å². The van der Waals surface area contributed by atoms with Gasteiger partial charge in [0.05, 0.1) is 0 Å². The fourth-order valence-electron chi connectivity index (χ4n) is 3.05.